The van der Waals surface area contributed by atoms with Gasteiger partial charge in [0.1, 0.15) is 6.07 Å². The van der Waals surface area contributed by atoms with E-state index in [1.165, 1.54) is 19.3 Å². The molecule has 0 saturated heterocycles. The molecule has 0 amide bonds. The monoisotopic (exact) mass is 211 g/mol. The Balaban J connectivity index is 2.27. The van der Waals surface area contributed by atoms with Gasteiger partial charge in [-0.25, -0.2) is 0 Å². The molecular formula is C13H13N3. The lowest BCUT2D eigenvalue weighted by Crippen LogP contribution is -2.15. The van der Waals surface area contributed by atoms with Crippen LogP contribution in [0.3, 0.4) is 0 Å². The molecule has 0 N–H and O–H groups in total. The molecule has 2 heterocycles. The number of hydrogen-bond acceptors (Lipinski definition) is 2. The van der Waals surface area contributed by atoms with Crippen molar-refractivity contribution in [2.75, 3.05) is 0 Å². The van der Waals surface area contributed by atoms with Gasteiger partial charge in [0.15, 0.2) is 0 Å². The Morgan fingerprint density at radius 3 is 2.94 bits per heavy atom. The van der Waals surface area contributed by atoms with E-state index in [1.807, 2.05) is 19.3 Å². The van der Waals surface area contributed by atoms with E-state index in [1.54, 1.807) is 0 Å². The molecular weight excluding hydrogens is 198 g/mol. The number of nitriles is 1. The molecule has 80 valence electrons. The van der Waals surface area contributed by atoms with Crippen molar-refractivity contribution in [2.45, 2.75) is 32.2 Å². The highest BCUT2D eigenvalue weighted by atomic mass is 15.0. The Bertz CT molecular complexity index is 585. The van der Waals surface area contributed by atoms with Crippen molar-refractivity contribution >= 4 is 10.9 Å². The average Bonchev–Trinajstić information content (AvgIpc) is 2.54. The molecule has 2 aromatic heterocycles. The second-order valence-electron chi connectivity index (χ2n) is 4.49. The zero-order valence-corrected chi connectivity index (χ0v) is 9.27. The summed E-state index contributed by atoms with van der Waals surface area (Å²) >= 11 is 0. The molecule has 2 aromatic rings. The van der Waals surface area contributed by atoms with Gasteiger partial charge in [-0.05, 0) is 32.3 Å². The molecule has 3 heteroatoms. The summed E-state index contributed by atoms with van der Waals surface area (Å²) in [6.07, 6.45) is 7.57. The fraction of sp³-hybridized carbons (Fsp3) is 0.385. The van der Waals surface area contributed by atoms with Crippen LogP contribution in [0.5, 0.6) is 0 Å². The molecule has 0 aromatic carbocycles. The minimum Gasteiger partial charge on any atom is -0.343 e. The van der Waals surface area contributed by atoms with E-state index in [4.69, 9.17) is 5.26 Å². The lowest BCUT2D eigenvalue weighted by atomic mass is 9.93. The third kappa shape index (κ3) is 1.23. The van der Waals surface area contributed by atoms with Crippen LogP contribution in [0.25, 0.3) is 10.9 Å². The summed E-state index contributed by atoms with van der Waals surface area (Å²) in [4.78, 5) is 4.27. The lowest BCUT2D eigenvalue weighted by Gasteiger charge is -2.27. The third-order valence-corrected chi connectivity index (χ3v) is 3.44. The van der Waals surface area contributed by atoms with Gasteiger partial charge in [-0.15, -0.1) is 0 Å². The normalized spacial score (nSPS) is 16.0. The van der Waals surface area contributed by atoms with Gasteiger partial charge in [-0.2, -0.15) is 5.26 Å². The van der Waals surface area contributed by atoms with Crippen molar-refractivity contribution in [2.24, 2.45) is 0 Å². The number of aromatic nitrogens is 2. The predicted molar refractivity (Wildman–Crippen MR) is 62.1 cm³/mol. The van der Waals surface area contributed by atoms with Gasteiger partial charge < -0.3 is 4.57 Å². The van der Waals surface area contributed by atoms with Crippen LogP contribution in [0, 0.1) is 18.3 Å². The Labute approximate surface area is 94.3 Å². The van der Waals surface area contributed by atoms with Gasteiger partial charge in [-0.1, -0.05) is 0 Å². The van der Waals surface area contributed by atoms with Crippen LogP contribution in [0.2, 0.25) is 0 Å². The van der Waals surface area contributed by atoms with Crippen molar-refractivity contribution < 1.29 is 0 Å². The van der Waals surface area contributed by atoms with Crippen molar-refractivity contribution in [3.05, 3.63) is 29.7 Å². The van der Waals surface area contributed by atoms with Crippen molar-refractivity contribution in [1.29, 1.82) is 5.26 Å². The number of rotatable bonds is 1. The van der Waals surface area contributed by atoms with Crippen molar-refractivity contribution in [1.82, 2.24) is 9.55 Å². The largest absolute Gasteiger partial charge is 0.343 e. The first-order valence-corrected chi connectivity index (χ1v) is 5.67. The molecule has 3 rings (SSSR count). The molecule has 0 aliphatic heterocycles. The van der Waals surface area contributed by atoms with Crippen molar-refractivity contribution in [3.8, 4) is 6.07 Å². The fourth-order valence-electron chi connectivity index (χ4n) is 2.30. The van der Waals surface area contributed by atoms with Crippen LogP contribution in [0.4, 0.5) is 0 Å². The lowest BCUT2D eigenvalue weighted by molar-refractivity contribution is 0.321. The van der Waals surface area contributed by atoms with Gasteiger partial charge >= 0.3 is 0 Å². The maximum Gasteiger partial charge on any atom is 0.101 e. The Hall–Kier alpha value is -1.82. The maximum absolute atomic E-state index is 9.10. The van der Waals surface area contributed by atoms with Gasteiger partial charge in [0.2, 0.25) is 0 Å². The van der Waals surface area contributed by atoms with Crippen LogP contribution in [0.15, 0.2) is 18.5 Å². The predicted octanol–water partition coefficient (Wildman–Crippen LogP) is 2.94. The highest BCUT2D eigenvalue weighted by molar-refractivity contribution is 5.86. The first kappa shape index (κ1) is 9.41. The van der Waals surface area contributed by atoms with E-state index in [2.05, 4.69) is 21.7 Å². The van der Waals surface area contributed by atoms with Crippen LogP contribution in [-0.4, -0.2) is 9.55 Å². The minimum atomic E-state index is 0.589. The summed E-state index contributed by atoms with van der Waals surface area (Å²) in [5.74, 6) is 0. The molecule has 0 unspecified atom stereocenters. The second kappa shape index (κ2) is 3.34. The number of aryl methyl sites for hydroxylation is 1. The minimum absolute atomic E-state index is 0.589. The molecule has 1 aliphatic carbocycles. The summed E-state index contributed by atoms with van der Waals surface area (Å²) in [5, 5.41) is 10.1. The Morgan fingerprint density at radius 2 is 2.31 bits per heavy atom. The first-order chi connectivity index (χ1) is 7.79. The van der Waals surface area contributed by atoms with E-state index in [-0.39, 0.29) is 0 Å². The topological polar surface area (TPSA) is 41.6 Å². The highest BCUT2D eigenvalue weighted by Gasteiger charge is 2.22. The zero-order chi connectivity index (χ0) is 11.1. The van der Waals surface area contributed by atoms with Crippen LogP contribution < -0.4 is 0 Å². The summed E-state index contributed by atoms with van der Waals surface area (Å²) in [6, 6.07) is 4.92. The Kier molecular flexibility index (Phi) is 1.97. The van der Waals surface area contributed by atoms with Gasteiger partial charge in [-0.3, -0.25) is 4.98 Å². The molecule has 0 atom stereocenters. The standard InChI is InChI=1S/C13H13N3/c1-9-5-13-12(7-15-9)10(6-14)8-16(13)11-3-2-4-11/h5,7-8,11H,2-4H2,1H3. The van der Waals surface area contributed by atoms with Gasteiger partial charge in [0.25, 0.3) is 0 Å². The van der Waals surface area contributed by atoms with E-state index in [0.717, 1.165) is 22.2 Å². The number of nitrogens with zero attached hydrogens (tertiary/aromatic N) is 3. The quantitative estimate of drug-likeness (QED) is 0.727. The second-order valence-corrected chi connectivity index (χ2v) is 4.49. The summed E-state index contributed by atoms with van der Waals surface area (Å²) < 4.78 is 2.26. The molecule has 1 fully saturated rings. The van der Waals surface area contributed by atoms with E-state index >= 15 is 0 Å². The van der Waals surface area contributed by atoms with Gasteiger partial charge in [0, 0.05) is 29.5 Å². The number of hydrogen-bond donors (Lipinski definition) is 0. The number of pyridine rings is 1. The third-order valence-electron chi connectivity index (χ3n) is 3.44. The molecule has 1 saturated carbocycles. The first-order valence-electron chi connectivity index (χ1n) is 5.67. The zero-order valence-electron chi connectivity index (χ0n) is 9.27. The van der Waals surface area contributed by atoms with Crippen LogP contribution in [0.1, 0.15) is 36.6 Å². The van der Waals surface area contributed by atoms with E-state index < -0.39 is 0 Å². The summed E-state index contributed by atoms with van der Waals surface area (Å²) in [7, 11) is 0. The summed E-state index contributed by atoms with van der Waals surface area (Å²) in [5.41, 5.74) is 2.92. The van der Waals surface area contributed by atoms with E-state index in [9.17, 15) is 0 Å². The smallest absolute Gasteiger partial charge is 0.101 e. The van der Waals surface area contributed by atoms with Crippen LogP contribution in [-0.2, 0) is 0 Å². The van der Waals surface area contributed by atoms with Crippen molar-refractivity contribution in [3.63, 3.8) is 0 Å². The Morgan fingerprint density at radius 1 is 1.50 bits per heavy atom. The highest BCUT2D eigenvalue weighted by Crippen LogP contribution is 2.35. The molecule has 16 heavy (non-hydrogen) atoms. The molecule has 0 radical (unpaired) electrons. The fourth-order valence-corrected chi connectivity index (χ4v) is 2.30. The molecule has 0 spiro atoms. The summed E-state index contributed by atoms with van der Waals surface area (Å²) in [6.45, 7) is 1.99. The SMILES string of the molecule is Cc1cc2c(cn1)c(C#N)cn2C1CCC1. The maximum atomic E-state index is 9.10. The van der Waals surface area contributed by atoms with Gasteiger partial charge in [0.05, 0.1) is 11.1 Å². The molecule has 1 aliphatic rings. The molecule has 3 nitrogen and oxygen atoms in total. The van der Waals surface area contributed by atoms with E-state index in [0.29, 0.717) is 6.04 Å². The van der Waals surface area contributed by atoms with Crippen LogP contribution >= 0.6 is 0 Å². The average molecular weight is 211 g/mol. The molecule has 0 bridgehead atoms. The number of fused-ring (bicyclic) bond motifs is 1.